The largest absolute Gasteiger partial charge is 0.341 e. The maximum atomic E-state index is 12.8. The lowest BCUT2D eigenvalue weighted by Gasteiger charge is -2.23. The van der Waals surface area contributed by atoms with E-state index in [2.05, 4.69) is 15.0 Å². The first-order valence-corrected chi connectivity index (χ1v) is 8.82. The van der Waals surface area contributed by atoms with Crippen LogP contribution in [0.15, 0.2) is 16.1 Å². The molecule has 0 bridgehead atoms. The van der Waals surface area contributed by atoms with Crippen LogP contribution in [0, 0.1) is 0 Å². The van der Waals surface area contributed by atoms with Crippen LogP contribution in [0.3, 0.4) is 0 Å². The van der Waals surface area contributed by atoms with Crippen LogP contribution in [0.25, 0.3) is 11.2 Å². The predicted octanol–water partition coefficient (Wildman–Crippen LogP) is 0.951. The van der Waals surface area contributed by atoms with Gasteiger partial charge in [-0.25, -0.2) is 9.98 Å². The minimum atomic E-state index is -0.838. The second-order valence-electron chi connectivity index (χ2n) is 6.86. The summed E-state index contributed by atoms with van der Waals surface area (Å²) in [4.78, 5) is 37.1. The minimum Gasteiger partial charge on any atom is -0.341 e. The molecule has 2 aliphatic rings. The van der Waals surface area contributed by atoms with Crippen LogP contribution in [0.1, 0.15) is 33.9 Å². The summed E-state index contributed by atoms with van der Waals surface area (Å²) in [5, 5.41) is 0. The number of aliphatic imine (C=N–C) groups is 1. The number of rotatable bonds is 4. The van der Waals surface area contributed by atoms with Crippen molar-refractivity contribution in [1.82, 2.24) is 19.1 Å². The van der Waals surface area contributed by atoms with Gasteiger partial charge in [0.25, 0.3) is 5.56 Å². The Bertz CT molecular complexity index is 978. The molecule has 0 spiro atoms. The first-order valence-electron chi connectivity index (χ1n) is 8.82. The molecule has 2 aromatic rings. The zero-order chi connectivity index (χ0) is 19.3. The molecule has 0 aromatic carbocycles. The molecule has 4 unspecified atom stereocenters. The molecule has 0 saturated carbocycles. The molecule has 10 heteroatoms. The summed E-state index contributed by atoms with van der Waals surface area (Å²) in [6.45, 7) is 7.57. The molecular formula is C17H21N5O5. The molecule has 0 N–H and O–H groups in total. The number of imidazole rings is 1. The molecule has 4 heterocycles. The number of aromatic nitrogens is 4. The van der Waals surface area contributed by atoms with Gasteiger partial charge in [0.2, 0.25) is 5.95 Å². The highest BCUT2D eigenvalue weighted by Crippen LogP contribution is 2.43. The quantitative estimate of drug-likeness (QED) is 0.578. The van der Waals surface area contributed by atoms with Crippen LogP contribution in [0.2, 0.25) is 0 Å². The Morgan fingerprint density at radius 3 is 2.74 bits per heavy atom. The van der Waals surface area contributed by atoms with Crippen LogP contribution in [0.5, 0.6) is 0 Å². The zero-order valence-electron chi connectivity index (χ0n) is 15.5. The Morgan fingerprint density at radius 1 is 1.33 bits per heavy atom. The van der Waals surface area contributed by atoms with Crippen molar-refractivity contribution < 1.29 is 19.0 Å². The number of aldehydes is 1. The average molecular weight is 375 g/mol. The van der Waals surface area contributed by atoms with Crippen LogP contribution < -0.4 is 5.56 Å². The van der Waals surface area contributed by atoms with Gasteiger partial charge < -0.3 is 19.0 Å². The fraction of sp³-hybridized carbons (Fsp3) is 0.588. The first kappa shape index (κ1) is 18.0. The smallest absolute Gasteiger partial charge is 0.283 e. The van der Waals surface area contributed by atoms with Gasteiger partial charge in [0.1, 0.15) is 18.3 Å². The van der Waals surface area contributed by atoms with Crippen molar-refractivity contribution in [1.29, 1.82) is 0 Å². The van der Waals surface area contributed by atoms with Crippen molar-refractivity contribution in [3.63, 3.8) is 0 Å². The molecular weight excluding hydrogens is 354 g/mol. The van der Waals surface area contributed by atoms with Gasteiger partial charge in [-0.1, -0.05) is 0 Å². The maximum Gasteiger partial charge on any atom is 0.283 e. The Hall–Kier alpha value is -2.43. The number of carbonyl (C=O) groups is 1. The normalized spacial score (nSPS) is 29.6. The lowest BCUT2D eigenvalue weighted by molar-refractivity contribution is -0.194. The number of fused-ring (bicyclic) bond motifs is 2. The summed E-state index contributed by atoms with van der Waals surface area (Å²) >= 11 is 0. The predicted molar refractivity (Wildman–Crippen MR) is 95.1 cm³/mol. The molecule has 10 nitrogen and oxygen atoms in total. The molecule has 4 rings (SSSR count). The molecule has 27 heavy (non-hydrogen) atoms. The third-order valence-electron chi connectivity index (χ3n) is 4.70. The number of hydrogen-bond acceptors (Lipinski definition) is 8. The SMILES string of the molecule is CC=Nc1nc2c(ncn2C2OC(C=O)C3OC(C)(C)OC32)c(=O)n1CC. The lowest BCUT2D eigenvalue weighted by atomic mass is 10.1. The van der Waals surface area contributed by atoms with E-state index in [0.29, 0.717) is 18.5 Å². The topological polar surface area (TPSA) is 110 Å². The van der Waals surface area contributed by atoms with Crippen molar-refractivity contribution in [3.8, 4) is 0 Å². The van der Waals surface area contributed by atoms with Crippen LogP contribution >= 0.6 is 0 Å². The Morgan fingerprint density at radius 2 is 2.07 bits per heavy atom. The maximum absolute atomic E-state index is 12.8. The van der Waals surface area contributed by atoms with E-state index in [1.54, 1.807) is 31.6 Å². The Kier molecular flexibility index (Phi) is 4.21. The van der Waals surface area contributed by atoms with Crippen molar-refractivity contribution in [2.75, 3.05) is 0 Å². The van der Waals surface area contributed by atoms with Gasteiger partial charge in [-0.3, -0.25) is 13.9 Å². The average Bonchev–Trinajstić information content (AvgIpc) is 3.26. The summed E-state index contributed by atoms with van der Waals surface area (Å²) in [6.07, 6.45) is 1.21. The number of carbonyl (C=O) groups excluding carboxylic acids is 1. The van der Waals surface area contributed by atoms with Gasteiger partial charge >= 0.3 is 0 Å². The molecule has 0 amide bonds. The standard InChI is InChI=1S/C17H21N5O5/c1-5-18-16-20-13-10(14(24)21(16)6-2)19-8-22(13)15-12-11(9(7-23)25-15)26-17(3,4)27-12/h5,7-9,11-12,15H,6H2,1-4H3. The van der Waals surface area contributed by atoms with Crippen LogP contribution in [-0.4, -0.2) is 55.7 Å². The number of hydrogen-bond donors (Lipinski definition) is 0. The van der Waals surface area contributed by atoms with E-state index in [4.69, 9.17) is 14.2 Å². The van der Waals surface area contributed by atoms with Gasteiger partial charge in [-0.2, -0.15) is 4.98 Å². The monoisotopic (exact) mass is 375 g/mol. The molecule has 4 atom stereocenters. The van der Waals surface area contributed by atoms with Crippen LogP contribution in [0.4, 0.5) is 5.95 Å². The number of nitrogens with zero attached hydrogens (tertiary/aromatic N) is 5. The second kappa shape index (κ2) is 6.32. The highest BCUT2D eigenvalue weighted by atomic mass is 16.8. The molecule has 0 radical (unpaired) electrons. The second-order valence-corrected chi connectivity index (χ2v) is 6.86. The Balaban J connectivity index is 1.85. The highest BCUT2D eigenvalue weighted by molar-refractivity contribution is 5.72. The van der Waals surface area contributed by atoms with E-state index in [1.165, 1.54) is 10.9 Å². The van der Waals surface area contributed by atoms with E-state index in [1.807, 2.05) is 6.92 Å². The Labute approximate surface area is 154 Å². The fourth-order valence-corrected chi connectivity index (χ4v) is 3.62. The third kappa shape index (κ3) is 2.71. The fourth-order valence-electron chi connectivity index (χ4n) is 3.62. The van der Waals surface area contributed by atoms with Crippen molar-refractivity contribution in [2.24, 2.45) is 4.99 Å². The van der Waals surface area contributed by atoms with Gasteiger partial charge in [-0.05, 0) is 27.7 Å². The summed E-state index contributed by atoms with van der Waals surface area (Å²) in [5.41, 5.74) is 0.251. The van der Waals surface area contributed by atoms with Gasteiger partial charge in [0.05, 0.1) is 6.33 Å². The van der Waals surface area contributed by atoms with E-state index >= 15 is 0 Å². The molecule has 2 aliphatic heterocycles. The van der Waals surface area contributed by atoms with Gasteiger partial charge in [-0.15, -0.1) is 0 Å². The summed E-state index contributed by atoms with van der Waals surface area (Å²) in [5.74, 6) is -0.556. The van der Waals surface area contributed by atoms with Gasteiger partial charge in [0.15, 0.2) is 29.5 Å². The minimum absolute atomic E-state index is 0.208. The third-order valence-corrected chi connectivity index (χ3v) is 4.70. The molecule has 2 saturated heterocycles. The number of ether oxygens (including phenoxy) is 3. The summed E-state index contributed by atoms with van der Waals surface area (Å²) in [7, 11) is 0. The molecule has 2 fully saturated rings. The van der Waals surface area contributed by atoms with Crippen molar-refractivity contribution in [3.05, 3.63) is 16.7 Å². The van der Waals surface area contributed by atoms with E-state index in [0.717, 1.165) is 0 Å². The van der Waals surface area contributed by atoms with Crippen molar-refractivity contribution >= 4 is 29.6 Å². The van der Waals surface area contributed by atoms with E-state index in [-0.39, 0.29) is 17.0 Å². The first-order chi connectivity index (χ1) is 12.9. The van der Waals surface area contributed by atoms with E-state index in [9.17, 15) is 9.59 Å². The summed E-state index contributed by atoms with van der Waals surface area (Å²) < 4.78 is 20.7. The van der Waals surface area contributed by atoms with Gasteiger partial charge in [0, 0.05) is 12.8 Å². The van der Waals surface area contributed by atoms with E-state index < -0.39 is 30.3 Å². The molecule has 144 valence electrons. The highest BCUT2D eigenvalue weighted by Gasteiger charge is 2.56. The van der Waals surface area contributed by atoms with Crippen LogP contribution in [-0.2, 0) is 25.5 Å². The lowest BCUT2D eigenvalue weighted by Crippen LogP contribution is -2.30. The summed E-state index contributed by atoms with van der Waals surface area (Å²) in [6, 6.07) is 0. The van der Waals surface area contributed by atoms with Crippen molar-refractivity contribution in [2.45, 2.75) is 64.6 Å². The zero-order valence-corrected chi connectivity index (χ0v) is 15.5. The molecule has 2 aromatic heterocycles. The molecule has 0 aliphatic carbocycles.